The minimum absolute atomic E-state index is 1.06. The molecule has 0 atom stereocenters. The van der Waals surface area contributed by atoms with Crippen molar-refractivity contribution in [2.75, 3.05) is 19.8 Å². The molecule has 2 aromatic carbocycles. The molecule has 0 amide bonds. The van der Waals surface area contributed by atoms with Crippen molar-refractivity contribution in [1.82, 2.24) is 9.80 Å². The van der Waals surface area contributed by atoms with Gasteiger partial charge in [-0.25, -0.2) is 0 Å². The van der Waals surface area contributed by atoms with E-state index in [1.165, 1.54) is 39.9 Å². The van der Waals surface area contributed by atoms with Gasteiger partial charge in [0.15, 0.2) is 0 Å². The first-order valence-electron chi connectivity index (χ1n) is 8.58. The van der Waals surface area contributed by atoms with Crippen molar-refractivity contribution in [3.8, 4) is 0 Å². The summed E-state index contributed by atoms with van der Waals surface area (Å²) in [6.45, 7) is 14.4. The van der Waals surface area contributed by atoms with Gasteiger partial charge in [0.1, 0.15) is 0 Å². The van der Waals surface area contributed by atoms with Crippen LogP contribution in [-0.4, -0.2) is 29.6 Å². The summed E-state index contributed by atoms with van der Waals surface area (Å²) in [5, 5.41) is 0. The van der Waals surface area contributed by atoms with Gasteiger partial charge in [-0.15, -0.1) is 0 Å². The van der Waals surface area contributed by atoms with Crippen LogP contribution in [0.2, 0.25) is 0 Å². The lowest BCUT2D eigenvalue weighted by molar-refractivity contribution is 0.234. The Morgan fingerprint density at radius 2 is 1.43 bits per heavy atom. The molecule has 2 aromatic rings. The average molecular weight is 308 g/mol. The standard InChI is InChI=1S/C21H28N2/c1-16-6-5-7-20(12-16)13-22-8-9-23(15-22)14-21-18(3)10-17(2)11-19(21)4/h5-7,10-12H,8-9,13-15H2,1-4H3. The van der Waals surface area contributed by atoms with E-state index in [-0.39, 0.29) is 0 Å². The van der Waals surface area contributed by atoms with E-state index >= 15 is 0 Å². The topological polar surface area (TPSA) is 6.48 Å². The van der Waals surface area contributed by atoms with E-state index in [2.05, 4.69) is 73.9 Å². The molecule has 1 heterocycles. The number of hydrogen-bond donors (Lipinski definition) is 0. The Kier molecular flexibility index (Phi) is 4.84. The third-order valence-electron chi connectivity index (χ3n) is 4.84. The van der Waals surface area contributed by atoms with E-state index in [0.717, 1.165) is 26.3 Å². The van der Waals surface area contributed by atoms with E-state index in [1.54, 1.807) is 0 Å². The molecule has 0 aromatic heterocycles. The van der Waals surface area contributed by atoms with Gasteiger partial charge in [-0.3, -0.25) is 9.80 Å². The molecule has 1 aliphatic heterocycles. The predicted molar refractivity (Wildman–Crippen MR) is 97.5 cm³/mol. The summed E-state index contributed by atoms with van der Waals surface area (Å²) in [5.74, 6) is 0. The molecule has 1 fully saturated rings. The van der Waals surface area contributed by atoms with Crippen LogP contribution < -0.4 is 0 Å². The third kappa shape index (κ3) is 4.01. The molecule has 0 radical (unpaired) electrons. The quantitative estimate of drug-likeness (QED) is 0.835. The van der Waals surface area contributed by atoms with Crippen molar-refractivity contribution in [1.29, 1.82) is 0 Å². The van der Waals surface area contributed by atoms with E-state index in [4.69, 9.17) is 0 Å². The van der Waals surface area contributed by atoms with E-state index in [1.807, 2.05) is 0 Å². The van der Waals surface area contributed by atoms with Gasteiger partial charge >= 0.3 is 0 Å². The van der Waals surface area contributed by atoms with Crippen LogP contribution in [0.25, 0.3) is 0 Å². The fourth-order valence-electron chi connectivity index (χ4n) is 3.72. The first-order chi connectivity index (χ1) is 11.0. The number of benzene rings is 2. The van der Waals surface area contributed by atoms with Gasteiger partial charge in [0.2, 0.25) is 0 Å². The van der Waals surface area contributed by atoms with Crippen molar-refractivity contribution in [2.24, 2.45) is 0 Å². The van der Waals surface area contributed by atoms with Crippen molar-refractivity contribution in [2.45, 2.75) is 40.8 Å². The summed E-state index contributed by atoms with van der Waals surface area (Å²) in [6.07, 6.45) is 0. The highest BCUT2D eigenvalue weighted by atomic mass is 15.4. The van der Waals surface area contributed by atoms with Gasteiger partial charge in [0.05, 0.1) is 6.67 Å². The highest BCUT2D eigenvalue weighted by Crippen LogP contribution is 2.20. The molecule has 0 bridgehead atoms. The monoisotopic (exact) mass is 308 g/mol. The molecular weight excluding hydrogens is 280 g/mol. The maximum Gasteiger partial charge on any atom is 0.0513 e. The molecule has 122 valence electrons. The Labute approximate surface area is 140 Å². The molecule has 2 heteroatoms. The van der Waals surface area contributed by atoms with Crippen LogP contribution in [0, 0.1) is 27.7 Å². The summed E-state index contributed by atoms with van der Waals surface area (Å²) >= 11 is 0. The fraction of sp³-hybridized carbons (Fsp3) is 0.429. The SMILES string of the molecule is Cc1cccc(CN2CCN(Cc3c(C)cc(C)cc3C)C2)c1. The maximum absolute atomic E-state index is 2.57. The summed E-state index contributed by atoms with van der Waals surface area (Å²) in [7, 11) is 0. The zero-order valence-electron chi connectivity index (χ0n) is 14.9. The highest BCUT2D eigenvalue weighted by molar-refractivity contribution is 5.37. The van der Waals surface area contributed by atoms with Crippen molar-refractivity contribution in [3.05, 3.63) is 69.8 Å². The summed E-state index contributed by atoms with van der Waals surface area (Å²) in [4.78, 5) is 5.12. The minimum atomic E-state index is 1.06. The minimum Gasteiger partial charge on any atom is -0.285 e. The molecule has 2 nitrogen and oxygen atoms in total. The van der Waals surface area contributed by atoms with Crippen LogP contribution in [0.3, 0.4) is 0 Å². The molecule has 0 N–H and O–H groups in total. The van der Waals surface area contributed by atoms with Crippen molar-refractivity contribution < 1.29 is 0 Å². The van der Waals surface area contributed by atoms with Gasteiger partial charge in [0, 0.05) is 26.2 Å². The largest absolute Gasteiger partial charge is 0.285 e. The van der Waals surface area contributed by atoms with E-state index in [9.17, 15) is 0 Å². The normalized spacial score (nSPS) is 16.2. The van der Waals surface area contributed by atoms with Crippen molar-refractivity contribution >= 4 is 0 Å². The number of aryl methyl sites for hydroxylation is 4. The van der Waals surface area contributed by atoms with Gasteiger partial charge < -0.3 is 0 Å². The predicted octanol–water partition coefficient (Wildman–Crippen LogP) is 4.20. The molecule has 3 rings (SSSR count). The van der Waals surface area contributed by atoms with Gasteiger partial charge in [-0.05, 0) is 49.9 Å². The lowest BCUT2D eigenvalue weighted by Crippen LogP contribution is -2.25. The Morgan fingerprint density at radius 1 is 0.783 bits per heavy atom. The Morgan fingerprint density at radius 3 is 2.09 bits per heavy atom. The van der Waals surface area contributed by atoms with Crippen LogP contribution in [0.5, 0.6) is 0 Å². The molecule has 23 heavy (non-hydrogen) atoms. The van der Waals surface area contributed by atoms with Gasteiger partial charge in [-0.1, -0.05) is 47.5 Å². The Hall–Kier alpha value is -1.64. The molecule has 0 aliphatic carbocycles. The van der Waals surface area contributed by atoms with Crippen LogP contribution in [0.1, 0.15) is 33.4 Å². The zero-order chi connectivity index (χ0) is 16.4. The van der Waals surface area contributed by atoms with Gasteiger partial charge in [0.25, 0.3) is 0 Å². The smallest absolute Gasteiger partial charge is 0.0513 e. The Balaban J connectivity index is 1.62. The molecular formula is C21H28N2. The first-order valence-corrected chi connectivity index (χ1v) is 8.58. The van der Waals surface area contributed by atoms with Crippen molar-refractivity contribution in [3.63, 3.8) is 0 Å². The van der Waals surface area contributed by atoms with Crippen LogP contribution in [0.15, 0.2) is 36.4 Å². The van der Waals surface area contributed by atoms with E-state index in [0.29, 0.717) is 0 Å². The maximum atomic E-state index is 2.57. The molecule has 1 saturated heterocycles. The second kappa shape index (κ2) is 6.86. The lowest BCUT2D eigenvalue weighted by Gasteiger charge is -2.21. The number of nitrogens with zero attached hydrogens (tertiary/aromatic N) is 2. The molecule has 1 aliphatic rings. The summed E-state index contributed by atoms with van der Waals surface area (Å²) < 4.78 is 0. The number of hydrogen-bond acceptors (Lipinski definition) is 2. The summed E-state index contributed by atoms with van der Waals surface area (Å²) in [6, 6.07) is 13.5. The molecule has 0 unspecified atom stereocenters. The van der Waals surface area contributed by atoms with Crippen LogP contribution in [0.4, 0.5) is 0 Å². The zero-order valence-corrected chi connectivity index (χ0v) is 14.9. The third-order valence-corrected chi connectivity index (χ3v) is 4.84. The fourth-order valence-corrected chi connectivity index (χ4v) is 3.72. The molecule has 0 spiro atoms. The Bertz CT molecular complexity index is 667. The van der Waals surface area contributed by atoms with Crippen LogP contribution in [-0.2, 0) is 13.1 Å². The first kappa shape index (κ1) is 16.2. The lowest BCUT2D eigenvalue weighted by atomic mass is 9.99. The van der Waals surface area contributed by atoms with Crippen LogP contribution >= 0.6 is 0 Å². The average Bonchev–Trinajstić information content (AvgIpc) is 2.90. The highest BCUT2D eigenvalue weighted by Gasteiger charge is 2.21. The molecule has 0 saturated carbocycles. The van der Waals surface area contributed by atoms with E-state index < -0.39 is 0 Å². The summed E-state index contributed by atoms with van der Waals surface area (Å²) in [5.41, 5.74) is 8.51. The second-order valence-corrected chi connectivity index (χ2v) is 7.11. The second-order valence-electron chi connectivity index (χ2n) is 7.11. The van der Waals surface area contributed by atoms with Gasteiger partial charge in [-0.2, -0.15) is 0 Å². The number of rotatable bonds is 4.